The zero-order chi connectivity index (χ0) is 15.7. The molecule has 1 heterocycles. The summed E-state index contributed by atoms with van der Waals surface area (Å²) in [7, 11) is 1.58. The van der Waals surface area contributed by atoms with Gasteiger partial charge in [-0.05, 0) is 49.4 Å². The predicted octanol–water partition coefficient (Wildman–Crippen LogP) is 3.88. The molecule has 3 aromatic rings. The molecule has 5 heteroatoms. The average Bonchev–Trinajstić information content (AvgIpc) is 2.84. The molecular weight excluding hydrogens is 283 g/mol. The number of aromatic amines is 1. The van der Waals surface area contributed by atoms with Gasteiger partial charge in [0.2, 0.25) is 0 Å². The van der Waals surface area contributed by atoms with Gasteiger partial charge in [-0.15, -0.1) is 0 Å². The first kappa shape index (κ1) is 14.1. The van der Waals surface area contributed by atoms with Crippen LogP contribution in [0.2, 0.25) is 0 Å². The average molecular weight is 298 g/mol. The summed E-state index contributed by atoms with van der Waals surface area (Å²) in [5.74, 6) is 0.0944. The Balaban J connectivity index is 1.99. The molecule has 0 spiro atoms. The number of hydrogen-bond donors (Lipinski definition) is 2. The molecule has 22 heavy (non-hydrogen) atoms. The van der Waals surface area contributed by atoms with E-state index >= 15 is 0 Å². The first-order valence-electron chi connectivity index (χ1n) is 6.81. The summed E-state index contributed by atoms with van der Waals surface area (Å²) in [5, 5.41) is 3.56. The largest absolute Gasteiger partial charge is 0.497 e. The van der Waals surface area contributed by atoms with E-state index in [2.05, 4.69) is 10.3 Å². The maximum atomic E-state index is 12.9. The molecule has 0 aliphatic rings. The lowest BCUT2D eigenvalue weighted by Crippen LogP contribution is -2.12. The third-order valence-corrected chi connectivity index (χ3v) is 3.52. The number of rotatable bonds is 3. The zero-order valence-corrected chi connectivity index (χ0v) is 12.2. The molecule has 0 bridgehead atoms. The number of benzene rings is 2. The quantitative estimate of drug-likeness (QED) is 0.771. The first-order valence-corrected chi connectivity index (χ1v) is 6.81. The van der Waals surface area contributed by atoms with E-state index in [9.17, 15) is 9.18 Å². The van der Waals surface area contributed by atoms with Crippen LogP contribution in [0.5, 0.6) is 5.75 Å². The van der Waals surface area contributed by atoms with Crippen molar-refractivity contribution >= 4 is 22.5 Å². The molecule has 0 radical (unpaired) electrons. The number of aromatic nitrogens is 1. The fourth-order valence-corrected chi connectivity index (χ4v) is 2.45. The summed E-state index contributed by atoms with van der Waals surface area (Å²) in [6.07, 6.45) is 0. The summed E-state index contributed by atoms with van der Waals surface area (Å²) in [6.45, 7) is 1.84. The molecule has 1 amide bonds. The Morgan fingerprint density at radius 3 is 2.59 bits per heavy atom. The van der Waals surface area contributed by atoms with Crippen molar-refractivity contribution in [3.8, 4) is 5.75 Å². The molecule has 4 nitrogen and oxygen atoms in total. The normalized spacial score (nSPS) is 10.7. The van der Waals surface area contributed by atoms with E-state index in [-0.39, 0.29) is 11.7 Å². The lowest BCUT2D eigenvalue weighted by Gasteiger charge is -2.06. The molecule has 0 aliphatic heterocycles. The number of amides is 1. The van der Waals surface area contributed by atoms with Crippen molar-refractivity contribution in [1.82, 2.24) is 4.98 Å². The van der Waals surface area contributed by atoms with E-state index in [4.69, 9.17) is 4.74 Å². The van der Waals surface area contributed by atoms with Crippen LogP contribution in [0.15, 0.2) is 42.5 Å². The van der Waals surface area contributed by atoms with Gasteiger partial charge < -0.3 is 15.0 Å². The fourth-order valence-electron chi connectivity index (χ4n) is 2.45. The van der Waals surface area contributed by atoms with Crippen LogP contribution in [0.25, 0.3) is 10.9 Å². The highest BCUT2D eigenvalue weighted by molar-refractivity contribution is 6.14. The third kappa shape index (κ3) is 2.53. The van der Waals surface area contributed by atoms with Crippen LogP contribution >= 0.6 is 0 Å². The van der Waals surface area contributed by atoms with Gasteiger partial charge in [0.1, 0.15) is 11.6 Å². The third-order valence-electron chi connectivity index (χ3n) is 3.52. The lowest BCUT2D eigenvalue weighted by molar-refractivity contribution is 0.102. The Morgan fingerprint density at radius 2 is 1.91 bits per heavy atom. The second-order valence-electron chi connectivity index (χ2n) is 5.00. The second-order valence-corrected chi connectivity index (χ2v) is 5.00. The Labute approximate surface area is 126 Å². The lowest BCUT2D eigenvalue weighted by atomic mass is 10.1. The number of ether oxygens (including phenoxy) is 1. The monoisotopic (exact) mass is 298 g/mol. The Hall–Kier alpha value is -2.82. The molecule has 2 N–H and O–H groups in total. The van der Waals surface area contributed by atoms with E-state index in [0.29, 0.717) is 17.0 Å². The van der Waals surface area contributed by atoms with Gasteiger partial charge in [0.25, 0.3) is 5.91 Å². The van der Waals surface area contributed by atoms with Gasteiger partial charge in [-0.25, -0.2) is 4.39 Å². The highest BCUT2D eigenvalue weighted by Crippen LogP contribution is 2.27. The minimum absolute atomic E-state index is 0.247. The smallest absolute Gasteiger partial charge is 0.258 e. The molecule has 0 unspecified atom stereocenters. The van der Waals surface area contributed by atoms with Gasteiger partial charge >= 0.3 is 0 Å². The van der Waals surface area contributed by atoms with Gasteiger partial charge in [-0.2, -0.15) is 0 Å². The fraction of sp³-hybridized carbons (Fsp3) is 0.118. The van der Waals surface area contributed by atoms with Crippen molar-refractivity contribution in [2.24, 2.45) is 0 Å². The standard InChI is InChI=1S/C17H15FN2O2/c1-10-16(14-9-13(22-2)7-8-15(14)19-10)17(21)20-12-5-3-11(18)4-6-12/h3-9,19H,1-2H3,(H,20,21). The minimum Gasteiger partial charge on any atom is -0.497 e. The van der Waals surface area contributed by atoms with Crippen LogP contribution in [-0.4, -0.2) is 18.0 Å². The number of nitrogens with one attached hydrogen (secondary N) is 2. The number of anilines is 1. The molecule has 0 fully saturated rings. The molecule has 0 saturated heterocycles. The molecule has 112 valence electrons. The number of aryl methyl sites for hydroxylation is 1. The summed E-state index contributed by atoms with van der Waals surface area (Å²) < 4.78 is 18.1. The van der Waals surface area contributed by atoms with E-state index in [1.807, 2.05) is 25.1 Å². The number of fused-ring (bicyclic) bond motifs is 1. The first-order chi connectivity index (χ1) is 10.6. The Kier molecular flexibility index (Phi) is 3.55. The Bertz CT molecular complexity index is 838. The molecule has 0 saturated carbocycles. The Morgan fingerprint density at radius 1 is 1.18 bits per heavy atom. The van der Waals surface area contributed by atoms with Crippen molar-refractivity contribution in [2.75, 3.05) is 12.4 Å². The van der Waals surface area contributed by atoms with E-state index in [0.717, 1.165) is 16.6 Å². The van der Waals surface area contributed by atoms with Gasteiger partial charge in [0, 0.05) is 22.3 Å². The maximum absolute atomic E-state index is 12.9. The number of halogens is 1. The molecule has 2 aromatic carbocycles. The van der Waals surface area contributed by atoms with E-state index in [1.165, 1.54) is 24.3 Å². The van der Waals surface area contributed by atoms with Crippen LogP contribution in [0.4, 0.5) is 10.1 Å². The summed E-state index contributed by atoms with van der Waals surface area (Å²) in [6, 6.07) is 11.2. The van der Waals surface area contributed by atoms with Crippen LogP contribution in [0.1, 0.15) is 16.1 Å². The highest BCUT2D eigenvalue weighted by Gasteiger charge is 2.16. The highest BCUT2D eigenvalue weighted by atomic mass is 19.1. The zero-order valence-electron chi connectivity index (χ0n) is 12.2. The van der Waals surface area contributed by atoms with Crippen LogP contribution in [0.3, 0.4) is 0 Å². The number of methoxy groups -OCH3 is 1. The van der Waals surface area contributed by atoms with Gasteiger partial charge in [-0.1, -0.05) is 0 Å². The summed E-state index contributed by atoms with van der Waals surface area (Å²) in [4.78, 5) is 15.7. The predicted molar refractivity (Wildman–Crippen MR) is 83.9 cm³/mol. The van der Waals surface area contributed by atoms with Crippen molar-refractivity contribution in [3.05, 3.63) is 59.5 Å². The van der Waals surface area contributed by atoms with Gasteiger partial charge in [0.15, 0.2) is 0 Å². The van der Waals surface area contributed by atoms with Gasteiger partial charge in [0.05, 0.1) is 12.7 Å². The topological polar surface area (TPSA) is 54.1 Å². The summed E-state index contributed by atoms with van der Waals surface area (Å²) in [5.41, 5.74) is 2.73. The van der Waals surface area contributed by atoms with E-state index in [1.54, 1.807) is 7.11 Å². The van der Waals surface area contributed by atoms with Crippen molar-refractivity contribution in [1.29, 1.82) is 0 Å². The molecular formula is C17H15FN2O2. The second kappa shape index (κ2) is 5.52. The van der Waals surface area contributed by atoms with E-state index < -0.39 is 0 Å². The number of carbonyl (C=O) groups is 1. The van der Waals surface area contributed by atoms with Gasteiger partial charge in [-0.3, -0.25) is 4.79 Å². The minimum atomic E-state index is -0.342. The SMILES string of the molecule is COc1ccc2[nH]c(C)c(C(=O)Nc3ccc(F)cc3)c2c1. The van der Waals surface area contributed by atoms with Crippen molar-refractivity contribution in [3.63, 3.8) is 0 Å². The summed E-state index contributed by atoms with van der Waals surface area (Å²) >= 11 is 0. The van der Waals surface area contributed by atoms with Crippen LogP contribution < -0.4 is 10.1 Å². The number of hydrogen-bond acceptors (Lipinski definition) is 2. The van der Waals surface area contributed by atoms with Crippen LogP contribution in [0, 0.1) is 12.7 Å². The molecule has 0 aliphatic carbocycles. The van der Waals surface area contributed by atoms with Crippen molar-refractivity contribution < 1.29 is 13.9 Å². The molecule has 1 aromatic heterocycles. The van der Waals surface area contributed by atoms with Crippen LogP contribution in [-0.2, 0) is 0 Å². The molecule has 0 atom stereocenters. The maximum Gasteiger partial charge on any atom is 0.258 e. The molecule has 3 rings (SSSR count). The number of H-pyrrole nitrogens is 1. The number of carbonyl (C=O) groups excluding carboxylic acids is 1. The van der Waals surface area contributed by atoms with Crippen molar-refractivity contribution in [2.45, 2.75) is 6.92 Å².